The van der Waals surface area contributed by atoms with Gasteiger partial charge in [-0.15, -0.1) is 0 Å². The summed E-state index contributed by atoms with van der Waals surface area (Å²) in [4.78, 5) is 8.77. The van der Waals surface area contributed by atoms with Crippen molar-refractivity contribution in [2.24, 2.45) is 25.7 Å². The van der Waals surface area contributed by atoms with Crippen molar-refractivity contribution in [3.8, 4) is 0 Å². The summed E-state index contributed by atoms with van der Waals surface area (Å²) in [5.41, 5.74) is 2.33. The molecule has 0 spiro atoms. The number of aliphatic imine (C=N–C) groups is 2. The molecule has 0 atom stereocenters. The van der Waals surface area contributed by atoms with E-state index in [0.29, 0.717) is 35.9 Å². The summed E-state index contributed by atoms with van der Waals surface area (Å²) in [5, 5.41) is 23.5. The molecule has 108 valence electrons. The van der Waals surface area contributed by atoms with Crippen LogP contribution in [-0.4, -0.2) is 46.4 Å². The van der Waals surface area contributed by atoms with E-state index in [9.17, 15) is 0 Å². The molecule has 0 saturated carbocycles. The highest BCUT2D eigenvalue weighted by Crippen LogP contribution is 2.16. The Labute approximate surface area is 114 Å². The molecule has 6 heteroatoms. The van der Waals surface area contributed by atoms with Crippen molar-refractivity contribution < 1.29 is 10.4 Å². The second-order valence-corrected chi connectivity index (χ2v) is 5.34. The van der Waals surface area contributed by atoms with E-state index in [0.717, 1.165) is 0 Å². The topological polar surface area (TPSA) is 89.9 Å². The van der Waals surface area contributed by atoms with Crippen LogP contribution in [0.2, 0.25) is 0 Å². The van der Waals surface area contributed by atoms with Crippen molar-refractivity contribution in [2.75, 3.05) is 13.1 Å². The largest absolute Gasteiger partial charge is 0.411 e. The molecule has 0 aromatic rings. The Morgan fingerprint density at radius 2 is 1.05 bits per heavy atom. The van der Waals surface area contributed by atoms with Crippen LogP contribution in [0.4, 0.5) is 0 Å². The minimum absolute atomic E-state index is 0.117. The van der Waals surface area contributed by atoms with Crippen LogP contribution in [-0.2, 0) is 0 Å². The molecule has 0 aliphatic carbocycles. The van der Waals surface area contributed by atoms with Crippen LogP contribution < -0.4 is 0 Å². The van der Waals surface area contributed by atoms with Gasteiger partial charge < -0.3 is 10.4 Å². The lowest BCUT2D eigenvalue weighted by molar-refractivity contribution is 0.319. The molecule has 0 unspecified atom stereocenters. The Bertz CT molecular complexity index is 382. The Kier molecular flexibility index (Phi) is 6.96. The van der Waals surface area contributed by atoms with Gasteiger partial charge in [-0.3, -0.25) is 9.98 Å². The maximum Gasteiger partial charge on any atom is 0.0971 e. The molecule has 0 aliphatic rings. The van der Waals surface area contributed by atoms with Gasteiger partial charge in [0, 0.05) is 18.5 Å². The highest BCUT2D eigenvalue weighted by molar-refractivity contribution is 6.40. The fourth-order valence-electron chi connectivity index (χ4n) is 1.09. The monoisotopic (exact) mass is 268 g/mol. The molecule has 2 N–H and O–H groups in total. The molecular weight excluding hydrogens is 244 g/mol. The van der Waals surface area contributed by atoms with E-state index in [-0.39, 0.29) is 5.41 Å². The molecule has 0 aliphatic heterocycles. The zero-order chi connectivity index (χ0) is 15.1. The fourth-order valence-corrected chi connectivity index (χ4v) is 1.09. The molecule has 0 fully saturated rings. The summed E-state index contributed by atoms with van der Waals surface area (Å²) in [5.74, 6) is 0. The van der Waals surface area contributed by atoms with Crippen LogP contribution in [0.5, 0.6) is 0 Å². The van der Waals surface area contributed by atoms with E-state index < -0.39 is 0 Å². The van der Waals surface area contributed by atoms with Crippen molar-refractivity contribution in [3.63, 3.8) is 0 Å². The van der Waals surface area contributed by atoms with Crippen molar-refractivity contribution in [1.29, 1.82) is 0 Å². The first-order valence-electron chi connectivity index (χ1n) is 6.13. The van der Waals surface area contributed by atoms with Gasteiger partial charge in [0.15, 0.2) is 0 Å². The van der Waals surface area contributed by atoms with Crippen molar-refractivity contribution in [3.05, 3.63) is 0 Å². The van der Waals surface area contributed by atoms with Crippen LogP contribution in [0.3, 0.4) is 0 Å². The van der Waals surface area contributed by atoms with E-state index in [1.807, 2.05) is 13.8 Å². The van der Waals surface area contributed by atoms with E-state index in [1.165, 1.54) is 0 Å². The van der Waals surface area contributed by atoms with Crippen molar-refractivity contribution in [1.82, 2.24) is 0 Å². The average molecular weight is 268 g/mol. The first-order valence-corrected chi connectivity index (χ1v) is 6.13. The third-order valence-electron chi connectivity index (χ3n) is 2.84. The lowest BCUT2D eigenvalue weighted by Gasteiger charge is -2.20. The number of rotatable bonds is 6. The minimum atomic E-state index is -0.117. The summed E-state index contributed by atoms with van der Waals surface area (Å²) in [6.07, 6.45) is 0. The van der Waals surface area contributed by atoms with E-state index in [4.69, 9.17) is 10.4 Å². The van der Waals surface area contributed by atoms with Crippen LogP contribution in [0.25, 0.3) is 0 Å². The average Bonchev–Trinajstić information content (AvgIpc) is 2.40. The van der Waals surface area contributed by atoms with Gasteiger partial charge in [0.05, 0.1) is 22.8 Å². The second kappa shape index (κ2) is 7.66. The van der Waals surface area contributed by atoms with E-state index in [2.05, 4.69) is 34.1 Å². The smallest absolute Gasteiger partial charge is 0.0971 e. The Morgan fingerprint density at radius 1 is 0.737 bits per heavy atom. The maximum absolute atomic E-state index is 8.65. The Morgan fingerprint density at radius 3 is 1.32 bits per heavy atom. The van der Waals surface area contributed by atoms with Gasteiger partial charge in [-0.05, 0) is 27.7 Å². The Balaban J connectivity index is 4.66. The third-order valence-corrected chi connectivity index (χ3v) is 2.84. The van der Waals surface area contributed by atoms with Gasteiger partial charge in [-0.1, -0.05) is 24.2 Å². The molecule has 0 aromatic carbocycles. The van der Waals surface area contributed by atoms with E-state index in [1.54, 1.807) is 13.8 Å². The summed E-state index contributed by atoms with van der Waals surface area (Å²) in [6.45, 7) is 12.3. The van der Waals surface area contributed by atoms with Crippen molar-refractivity contribution >= 4 is 22.8 Å². The zero-order valence-corrected chi connectivity index (χ0v) is 12.6. The summed E-state index contributed by atoms with van der Waals surface area (Å²) < 4.78 is 0. The minimum Gasteiger partial charge on any atom is -0.411 e. The van der Waals surface area contributed by atoms with Gasteiger partial charge in [0.1, 0.15) is 0 Å². The predicted molar refractivity (Wildman–Crippen MR) is 79.5 cm³/mol. The summed E-state index contributed by atoms with van der Waals surface area (Å²) in [6, 6.07) is 0. The van der Waals surface area contributed by atoms with Crippen LogP contribution in [0, 0.1) is 5.41 Å². The van der Waals surface area contributed by atoms with E-state index >= 15 is 0 Å². The standard InChI is InChI=1S/C13H24N4O2/c1-9(11(3)16-18)14-7-13(5,6)8-15-10(2)12(4)17-19/h18-19H,7-8H2,1-6H3/b14-9?,15-10?,16-11+,17-12+. The molecular formula is C13H24N4O2. The van der Waals surface area contributed by atoms with Gasteiger partial charge in [-0.25, -0.2) is 0 Å². The van der Waals surface area contributed by atoms with Gasteiger partial charge >= 0.3 is 0 Å². The Hall–Kier alpha value is -1.72. The summed E-state index contributed by atoms with van der Waals surface area (Å²) in [7, 11) is 0. The number of hydrogen-bond donors (Lipinski definition) is 2. The third kappa shape index (κ3) is 6.69. The molecule has 0 aromatic heterocycles. The molecule has 0 radical (unpaired) electrons. The molecule has 0 rings (SSSR count). The molecule has 0 saturated heterocycles. The maximum atomic E-state index is 8.65. The number of hydrogen-bond acceptors (Lipinski definition) is 6. The summed E-state index contributed by atoms with van der Waals surface area (Å²) >= 11 is 0. The highest BCUT2D eigenvalue weighted by atomic mass is 16.4. The fraction of sp³-hybridized carbons (Fsp3) is 0.692. The molecule has 0 bridgehead atoms. The van der Waals surface area contributed by atoms with Gasteiger partial charge in [0.2, 0.25) is 0 Å². The quantitative estimate of drug-likeness (QED) is 0.440. The SMILES string of the molecule is CC(=NCC(C)(C)CN=C(C)/C(C)=N/O)/C(C)=N/O. The van der Waals surface area contributed by atoms with Crippen molar-refractivity contribution in [2.45, 2.75) is 41.5 Å². The number of oxime groups is 2. The second-order valence-electron chi connectivity index (χ2n) is 5.34. The first kappa shape index (κ1) is 17.3. The van der Waals surface area contributed by atoms with Crippen LogP contribution in [0.1, 0.15) is 41.5 Å². The molecule has 0 amide bonds. The lowest BCUT2D eigenvalue weighted by Crippen LogP contribution is -2.23. The molecule has 6 nitrogen and oxygen atoms in total. The van der Waals surface area contributed by atoms with Gasteiger partial charge in [0.25, 0.3) is 0 Å². The lowest BCUT2D eigenvalue weighted by atomic mass is 9.93. The number of nitrogens with zero attached hydrogens (tertiary/aromatic N) is 4. The predicted octanol–water partition coefficient (Wildman–Crippen LogP) is 2.63. The highest BCUT2D eigenvalue weighted by Gasteiger charge is 2.17. The first-order chi connectivity index (χ1) is 8.73. The zero-order valence-electron chi connectivity index (χ0n) is 12.6. The molecule has 0 heterocycles. The van der Waals surface area contributed by atoms with Crippen LogP contribution in [0.15, 0.2) is 20.3 Å². The van der Waals surface area contributed by atoms with Gasteiger partial charge in [-0.2, -0.15) is 0 Å². The molecule has 19 heavy (non-hydrogen) atoms. The normalized spacial score (nSPS) is 15.9. The van der Waals surface area contributed by atoms with Crippen LogP contribution >= 0.6 is 0 Å².